The number of aryl methyl sites for hydroxylation is 2. The molecule has 0 aliphatic carbocycles. The van der Waals surface area contributed by atoms with Crippen LogP contribution in [0, 0.1) is 13.8 Å². The zero-order chi connectivity index (χ0) is 19.2. The number of rotatable bonds is 6. The first-order chi connectivity index (χ1) is 13.0. The standard InChI is InChI=1S/C23H21NOS2/c1-16-8-12-19(13-9-16)26-23(27-20-14-10-17(2)11-15-20)21(24)22(25)18-6-4-3-5-7-18/h3-15H,24H2,1-2H3. The molecule has 0 heterocycles. The summed E-state index contributed by atoms with van der Waals surface area (Å²) >= 11 is 3.05. The van der Waals surface area contributed by atoms with Gasteiger partial charge in [0.1, 0.15) is 5.70 Å². The number of hydrogen-bond acceptors (Lipinski definition) is 4. The van der Waals surface area contributed by atoms with Gasteiger partial charge in [0, 0.05) is 15.4 Å². The summed E-state index contributed by atoms with van der Waals surface area (Å²) in [4.78, 5) is 15.0. The number of carbonyl (C=O) groups is 1. The molecule has 3 aromatic carbocycles. The van der Waals surface area contributed by atoms with Crippen LogP contribution in [-0.2, 0) is 0 Å². The maximum atomic E-state index is 12.9. The van der Waals surface area contributed by atoms with Crippen LogP contribution in [-0.4, -0.2) is 5.78 Å². The van der Waals surface area contributed by atoms with Gasteiger partial charge in [0.2, 0.25) is 5.78 Å². The van der Waals surface area contributed by atoms with Crippen molar-refractivity contribution in [3.63, 3.8) is 0 Å². The van der Waals surface area contributed by atoms with E-state index in [-0.39, 0.29) is 11.5 Å². The van der Waals surface area contributed by atoms with Gasteiger partial charge in [-0.15, -0.1) is 0 Å². The number of benzene rings is 3. The zero-order valence-electron chi connectivity index (χ0n) is 15.3. The van der Waals surface area contributed by atoms with E-state index in [1.807, 2.05) is 18.2 Å². The highest BCUT2D eigenvalue weighted by atomic mass is 32.2. The van der Waals surface area contributed by atoms with Gasteiger partial charge in [-0.25, -0.2) is 0 Å². The van der Waals surface area contributed by atoms with E-state index in [1.54, 1.807) is 12.1 Å². The van der Waals surface area contributed by atoms with E-state index in [2.05, 4.69) is 62.4 Å². The molecular weight excluding hydrogens is 370 g/mol. The normalized spacial score (nSPS) is 10.4. The van der Waals surface area contributed by atoms with Gasteiger partial charge >= 0.3 is 0 Å². The number of carbonyl (C=O) groups excluding carboxylic acids is 1. The molecule has 0 saturated carbocycles. The summed E-state index contributed by atoms with van der Waals surface area (Å²) in [5.41, 5.74) is 9.61. The van der Waals surface area contributed by atoms with Crippen molar-refractivity contribution >= 4 is 29.3 Å². The maximum Gasteiger partial charge on any atom is 0.210 e. The van der Waals surface area contributed by atoms with Crippen LogP contribution in [0.1, 0.15) is 21.5 Å². The maximum absolute atomic E-state index is 12.9. The van der Waals surface area contributed by atoms with E-state index >= 15 is 0 Å². The summed E-state index contributed by atoms with van der Waals surface area (Å²) in [5, 5.41) is 0. The molecule has 4 heteroatoms. The fraction of sp³-hybridized carbons (Fsp3) is 0.0870. The highest BCUT2D eigenvalue weighted by molar-refractivity contribution is 8.22. The highest BCUT2D eigenvalue weighted by Gasteiger charge is 2.16. The van der Waals surface area contributed by atoms with Gasteiger partial charge in [-0.2, -0.15) is 0 Å². The average Bonchev–Trinajstić information content (AvgIpc) is 2.70. The predicted octanol–water partition coefficient (Wildman–Crippen LogP) is 6.20. The van der Waals surface area contributed by atoms with Gasteiger partial charge in [0.15, 0.2) is 0 Å². The largest absolute Gasteiger partial charge is 0.394 e. The van der Waals surface area contributed by atoms with E-state index in [4.69, 9.17) is 5.73 Å². The quantitative estimate of drug-likeness (QED) is 0.309. The van der Waals surface area contributed by atoms with Crippen LogP contribution in [0.15, 0.2) is 98.6 Å². The molecule has 136 valence electrons. The van der Waals surface area contributed by atoms with Gasteiger partial charge in [0.05, 0.1) is 4.24 Å². The summed E-state index contributed by atoms with van der Waals surface area (Å²) in [7, 11) is 0. The summed E-state index contributed by atoms with van der Waals surface area (Å²) in [6.07, 6.45) is 0. The van der Waals surface area contributed by atoms with Crippen molar-refractivity contribution in [3.05, 3.63) is 105 Å². The molecule has 0 unspecified atom stereocenters. The molecule has 2 nitrogen and oxygen atoms in total. The zero-order valence-corrected chi connectivity index (χ0v) is 16.9. The number of hydrogen-bond donors (Lipinski definition) is 1. The van der Waals surface area contributed by atoms with Gasteiger partial charge in [-0.05, 0) is 38.1 Å². The van der Waals surface area contributed by atoms with Crippen LogP contribution in [0.4, 0.5) is 0 Å². The summed E-state index contributed by atoms with van der Waals surface area (Å²) in [6.45, 7) is 4.11. The molecule has 0 bridgehead atoms. The lowest BCUT2D eigenvalue weighted by molar-refractivity contribution is 0.103. The second-order valence-electron chi connectivity index (χ2n) is 6.23. The monoisotopic (exact) mass is 391 g/mol. The van der Waals surface area contributed by atoms with Crippen molar-refractivity contribution in [3.8, 4) is 0 Å². The molecule has 0 aromatic heterocycles. The Morgan fingerprint density at radius 2 is 1.15 bits per heavy atom. The molecule has 0 saturated heterocycles. The molecule has 0 spiro atoms. The Kier molecular flexibility index (Phi) is 6.43. The second-order valence-corrected chi connectivity index (χ2v) is 8.65. The van der Waals surface area contributed by atoms with Crippen LogP contribution in [0.25, 0.3) is 0 Å². The Bertz CT molecular complexity index is 896. The molecule has 0 aliphatic heterocycles. The Morgan fingerprint density at radius 1 is 0.704 bits per heavy atom. The highest BCUT2D eigenvalue weighted by Crippen LogP contribution is 2.41. The van der Waals surface area contributed by atoms with Gasteiger partial charge < -0.3 is 5.73 Å². The van der Waals surface area contributed by atoms with E-state index < -0.39 is 0 Å². The molecular formula is C23H21NOS2. The van der Waals surface area contributed by atoms with Crippen LogP contribution in [0.3, 0.4) is 0 Å². The molecule has 0 amide bonds. The Morgan fingerprint density at radius 3 is 1.59 bits per heavy atom. The SMILES string of the molecule is Cc1ccc(SC(Sc2ccc(C)cc2)=C(N)C(=O)c2ccccc2)cc1. The smallest absolute Gasteiger partial charge is 0.210 e. The fourth-order valence-electron chi connectivity index (χ4n) is 2.40. The first-order valence-corrected chi connectivity index (χ1v) is 10.2. The number of thioether (sulfide) groups is 2. The van der Waals surface area contributed by atoms with E-state index in [0.29, 0.717) is 5.56 Å². The summed E-state index contributed by atoms with van der Waals surface area (Å²) < 4.78 is 0.788. The summed E-state index contributed by atoms with van der Waals surface area (Å²) in [6, 6.07) is 25.6. The molecule has 2 N–H and O–H groups in total. The van der Waals surface area contributed by atoms with Crippen molar-refractivity contribution in [1.29, 1.82) is 0 Å². The molecule has 3 rings (SSSR count). The van der Waals surface area contributed by atoms with Gasteiger partial charge in [-0.3, -0.25) is 4.79 Å². The molecule has 0 atom stereocenters. The third-order valence-corrected chi connectivity index (χ3v) is 6.29. The fourth-order valence-corrected chi connectivity index (χ4v) is 4.52. The number of allylic oxidation sites excluding steroid dienone is 1. The van der Waals surface area contributed by atoms with Crippen molar-refractivity contribution < 1.29 is 4.79 Å². The van der Waals surface area contributed by atoms with Crippen LogP contribution in [0.5, 0.6) is 0 Å². The number of nitrogens with two attached hydrogens (primary N) is 1. The minimum atomic E-state index is -0.148. The molecule has 27 heavy (non-hydrogen) atoms. The Hall–Kier alpha value is -2.43. The van der Waals surface area contributed by atoms with Gasteiger partial charge in [-0.1, -0.05) is 89.2 Å². The average molecular weight is 392 g/mol. The third-order valence-electron chi connectivity index (χ3n) is 3.96. The van der Waals surface area contributed by atoms with Crippen molar-refractivity contribution in [2.75, 3.05) is 0 Å². The minimum Gasteiger partial charge on any atom is -0.394 e. The van der Waals surface area contributed by atoms with Gasteiger partial charge in [0.25, 0.3) is 0 Å². The van der Waals surface area contributed by atoms with Crippen molar-refractivity contribution in [1.82, 2.24) is 0 Å². The minimum absolute atomic E-state index is 0.148. The van der Waals surface area contributed by atoms with E-state index in [9.17, 15) is 4.79 Å². The summed E-state index contributed by atoms with van der Waals surface area (Å²) in [5.74, 6) is -0.148. The first-order valence-electron chi connectivity index (χ1n) is 8.61. The molecule has 0 radical (unpaired) electrons. The number of ketones is 1. The molecule has 0 fully saturated rings. The first kappa shape index (κ1) is 19.3. The lowest BCUT2D eigenvalue weighted by Crippen LogP contribution is -2.13. The lowest BCUT2D eigenvalue weighted by Gasteiger charge is -2.12. The predicted molar refractivity (Wildman–Crippen MR) is 116 cm³/mol. The van der Waals surface area contributed by atoms with Crippen LogP contribution >= 0.6 is 23.5 Å². The van der Waals surface area contributed by atoms with Crippen molar-refractivity contribution in [2.24, 2.45) is 5.73 Å². The van der Waals surface area contributed by atoms with Crippen LogP contribution < -0.4 is 5.73 Å². The van der Waals surface area contributed by atoms with E-state index in [0.717, 1.165) is 14.0 Å². The Balaban J connectivity index is 1.95. The topological polar surface area (TPSA) is 43.1 Å². The lowest BCUT2D eigenvalue weighted by atomic mass is 10.1. The van der Waals surface area contributed by atoms with Crippen molar-refractivity contribution in [2.45, 2.75) is 23.6 Å². The molecule has 3 aromatic rings. The second kappa shape index (κ2) is 8.98. The third kappa shape index (κ3) is 5.28. The van der Waals surface area contributed by atoms with Crippen LogP contribution in [0.2, 0.25) is 0 Å². The number of Topliss-reactive ketones (excluding diaryl/α,β-unsaturated/α-hetero) is 1. The Labute approximate surface area is 168 Å². The van der Waals surface area contributed by atoms with E-state index in [1.165, 1.54) is 34.7 Å². The molecule has 0 aliphatic rings.